The SMILES string of the molecule is CCOc1cc(C)cc(-c2ccc(C(=O)NS(=O)(=O)c3ccc[nH]c3=O)c(N3C[C@@H](C)CC3(C)C)n2)c1. The van der Waals surface area contributed by atoms with Crippen molar-refractivity contribution < 1.29 is 17.9 Å². The molecule has 37 heavy (non-hydrogen) atoms. The number of ether oxygens (including phenoxy) is 1. The molecule has 10 heteroatoms. The highest BCUT2D eigenvalue weighted by Gasteiger charge is 2.39. The van der Waals surface area contributed by atoms with Crippen molar-refractivity contribution in [2.24, 2.45) is 5.92 Å². The van der Waals surface area contributed by atoms with Crippen LogP contribution in [0.2, 0.25) is 0 Å². The van der Waals surface area contributed by atoms with Gasteiger partial charge in [0.05, 0.1) is 17.9 Å². The molecule has 1 aliphatic heterocycles. The number of nitrogens with one attached hydrogen (secondary N) is 2. The zero-order valence-corrected chi connectivity index (χ0v) is 22.5. The molecule has 0 bridgehead atoms. The second-order valence-corrected chi connectivity index (χ2v) is 11.7. The summed E-state index contributed by atoms with van der Waals surface area (Å²) in [5.41, 5.74) is 1.45. The van der Waals surface area contributed by atoms with Crippen molar-refractivity contribution in [1.29, 1.82) is 0 Å². The molecule has 1 aromatic carbocycles. The lowest BCUT2D eigenvalue weighted by molar-refractivity contribution is 0.0981. The Kier molecular flexibility index (Phi) is 7.14. The number of sulfonamides is 1. The number of rotatable bonds is 7. The predicted octanol–water partition coefficient (Wildman–Crippen LogP) is 3.89. The van der Waals surface area contributed by atoms with Crippen LogP contribution in [-0.2, 0) is 10.0 Å². The number of carbonyl (C=O) groups excluding carboxylic acids is 1. The number of hydrogen-bond donors (Lipinski definition) is 2. The van der Waals surface area contributed by atoms with Crippen molar-refractivity contribution in [1.82, 2.24) is 14.7 Å². The average Bonchev–Trinajstić information content (AvgIpc) is 3.10. The summed E-state index contributed by atoms with van der Waals surface area (Å²) in [6.45, 7) is 11.4. The zero-order valence-electron chi connectivity index (χ0n) is 21.7. The van der Waals surface area contributed by atoms with Gasteiger partial charge in [0.2, 0.25) is 0 Å². The van der Waals surface area contributed by atoms with Gasteiger partial charge in [-0.3, -0.25) is 9.59 Å². The van der Waals surface area contributed by atoms with E-state index in [4.69, 9.17) is 9.72 Å². The van der Waals surface area contributed by atoms with Gasteiger partial charge >= 0.3 is 0 Å². The molecule has 3 aromatic rings. The summed E-state index contributed by atoms with van der Waals surface area (Å²) in [7, 11) is -4.40. The van der Waals surface area contributed by atoms with E-state index < -0.39 is 26.4 Å². The third-order valence-corrected chi connectivity index (χ3v) is 7.76. The summed E-state index contributed by atoms with van der Waals surface area (Å²) in [4.78, 5) is 34.2. The summed E-state index contributed by atoms with van der Waals surface area (Å²) in [6, 6.07) is 11.6. The van der Waals surface area contributed by atoms with Crippen LogP contribution in [-0.4, -0.2) is 43.0 Å². The van der Waals surface area contributed by atoms with Crippen molar-refractivity contribution >= 4 is 21.7 Å². The fraction of sp³-hybridized carbons (Fsp3) is 0.370. The van der Waals surface area contributed by atoms with Crippen LogP contribution in [0, 0.1) is 12.8 Å². The largest absolute Gasteiger partial charge is 0.494 e. The molecule has 1 aliphatic rings. The topological polar surface area (TPSA) is 121 Å². The number of aromatic amines is 1. The molecule has 2 N–H and O–H groups in total. The van der Waals surface area contributed by atoms with Crippen molar-refractivity contribution in [3.05, 3.63) is 70.1 Å². The van der Waals surface area contributed by atoms with E-state index in [0.29, 0.717) is 30.6 Å². The van der Waals surface area contributed by atoms with E-state index in [1.165, 1.54) is 12.3 Å². The lowest BCUT2D eigenvalue weighted by Gasteiger charge is -2.34. The molecule has 196 valence electrons. The molecular weight excluding hydrogens is 492 g/mol. The Morgan fingerprint density at radius 3 is 2.65 bits per heavy atom. The van der Waals surface area contributed by atoms with Gasteiger partial charge in [0.1, 0.15) is 11.6 Å². The van der Waals surface area contributed by atoms with Crippen LogP contribution in [0.25, 0.3) is 11.3 Å². The van der Waals surface area contributed by atoms with E-state index >= 15 is 0 Å². The van der Waals surface area contributed by atoms with Crippen LogP contribution in [0.1, 0.15) is 50.0 Å². The van der Waals surface area contributed by atoms with Gasteiger partial charge in [0.25, 0.3) is 21.5 Å². The quantitative estimate of drug-likeness (QED) is 0.481. The Balaban J connectivity index is 1.80. The molecule has 0 saturated carbocycles. The second-order valence-electron chi connectivity index (χ2n) is 10.1. The molecule has 2 aromatic heterocycles. The molecule has 1 atom stereocenters. The summed E-state index contributed by atoms with van der Waals surface area (Å²) in [5, 5.41) is 0. The first kappa shape index (κ1) is 26.4. The normalized spacial score (nSPS) is 17.0. The third-order valence-electron chi connectivity index (χ3n) is 6.40. The molecule has 1 saturated heterocycles. The summed E-state index contributed by atoms with van der Waals surface area (Å²) >= 11 is 0. The van der Waals surface area contributed by atoms with Crippen LogP contribution in [0.3, 0.4) is 0 Å². The minimum Gasteiger partial charge on any atom is -0.494 e. The summed E-state index contributed by atoms with van der Waals surface area (Å²) in [6.07, 6.45) is 2.21. The maximum Gasteiger partial charge on any atom is 0.269 e. The Morgan fingerprint density at radius 1 is 1.24 bits per heavy atom. The number of nitrogens with zero attached hydrogens (tertiary/aromatic N) is 2. The average molecular weight is 525 g/mol. The smallest absolute Gasteiger partial charge is 0.269 e. The molecule has 4 rings (SSSR count). The van der Waals surface area contributed by atoms with Crippen LogP contribution in [0.4, 0.5) is 5.82 Å². The third kappa shape index (κ3) is 5.53. The highest BCUT2D eigenvalue weighted by molar-refractivity contribution is 7.90. The Morgan fingerprint density at radius 2 is 2.00 bits per heavy atom. The second kappa shape index (κ2) is 10.0. The Labute approximate surface area is 217 Å². The molecule has 9 nitrogen and oxygen atoms in total. The minimum atomic E-state index is -4.40. The number of aromatic nitrogens is 2. The molecule has 1 fully saturated rings. The molecule has 0 spiro atoms. The van der Waals surface area contributed by atoms with Gasteiger partial charge in [0, 0.05) is 23.8 Å². The highest BCUT2D eigenvalue weighted by Crippen LogP contribution is 2.38. The van der Waals surface area contributed by atoms with Crippen LogP contribution in [0.15, 0.2) is 58.4 Å². The Bertz CT molecular complexity index is 1500. The summed E-state index contributed by atoms with van der Waals surface area (Å²) in [5.74, 6) is 0.608. The number of carbonyl (C=O) groups is 1. The number of pyridine rings is 2. The van der Waals surface area contributed by atoms with E-state index in [9.17, 15) is 18.0 Å². The lowest BCUT2D eigenvalue weighted by atomic mass is 9.97. The number of aryl methyl sites for hydroxylation is 1. The van der Waals surface area contributed by atoms with Gasteiger partial charge in [-0.15, -0.1) is 0 Å². The van der Waals surface area contributed by atoms with E-state index in [0.717, 1.165) is 29.4 Å². The Hall–Kier alpha value is -3.66. The van der Waals surface area contributed by atoms with Crippen molar-refractivity contribution in [2.45, 2.75) is 51.5 Å². The first-order valence-electron chi connectivity index (χ1n) is 12.2. The molecule has 0 aliphatic carbocycles. The van der Waals surface area contributed by atoms with Gasteiger partial charge in [0.15, 0.2) is 4.90 Å². The molecular formula is C27H32N4O5S. The van der Waals surface area contributed by atoms with E-state index in [1.54, 1.807) is 12.1 Å². The van der Waals surface area contributed by atoms with E-state index in [2.05, 4.69) is 35.4 Å². The fourth-order valence-corrected chi connectivity index (χ4v) is 5.97. The van der Waals surface area contributed by atoms with Gasteiger partial charge in [-0.05, 0) is 88.1 Å². The summed E-state index contributed by atoms with van der Waals surface area (Å²) < 4.78 is 33.5. The van der Waals surface area contributed by atoms with Gasteiger partial charge in [-0.1, -0.05) is 6.92 Å². The number of hydrogen-bond acceptors (Lipinski definition) is 7. The number of H-pyrrole nitrogens is 1. The molecule has 0 radical (unpaired) electrons. The molecule has 3 heterocycles. The van der Waals surface area contributed by atoms with Gasteiger partial charge in [-0.2, -0.15) is 0 Å². The molecule has 1 amide bonds. The lowest BCUT2D eigenvalue weighted by Crippen LogP contribution is -2.41. The first-order valence-corrected chi connectivity index (χ1v) is 13.7. The van der Waals surface area contributed by atoms with Gasteiger partial charge in [-0.25, -0.2) is 18.1 Å². The minimum absolute atomic E-state index is 0.111. The van der Waals surface area contributed by atoms with Gasteiger partial charge < -0.3 is 14.6 Å². The van der Waals surface area contributed by atoms with Crippen molar-refractivity contribution in [3.8, 4) is 17.0 Å². The van der Waals surface area contributed by atoms with Crippen molar-refractivity contribution in [3.63, 3.8) is 0 Å². The van der Waals surface area contributed by atoms with E-state index in [1.807, 2.05) is 32.0 Å². The highest BCUT2D eigenvalue weighted by atomic mass is 32.2. The first-order chi connectivity index (χ1) is 17.4. The maximum absolute atomic E-state index is 13.4. The zero-order chi connectivity index (χ0) is 27.0. The maximum atomic E-state index is 13.4. The fourth-order valence-electron chi connectivity index (χ4n) is 4.95. The number of benzene rings is 1. The van der Waals surface area contributed by atoms with Crippen LogP contribution in [0.5, 0.6) is 5.75 Å². The van der Waals surface area contributed by atoms with Crippen LogP contribution < -0.4 is 19.9 Å². The number of amides is 1. The van der Waals surface area contributed by atoms with Crippen molar-refractivity contribution in [2.75, 3.05) is 18.1 Å². The standard InChI is InChI=1S/C27H32N4O5S/c1-6-36-20-13-17(2)12-19(14-20)22-10-9-21(24(29-22)31-16-18(3)15-27(31,4)5)25(32)30-37(34,35)23-8-7-11-28-26(23)33/h7-14,18H,6,15-16H2,1-5H3,(H,28,33)(H,30,32)/t18-/m0/s1. The monoisotopic (exact) mass is 524 g/mol. The van der Waals surface area contributed by atoms with Crippen LogP contribution >= 0.6 is 0 Å². The molecule has 0 unspecified atom stereocenters. The van der Waals surface area contributed by atoms with E-state index in [-0.39, 0.29) is 11.1 Å². The predicted molar refractivity (Wildman–Crippen MR) is 142 cm³/mol. The number of anilines is 1.